The van der Waals surface area contributed by atoms with E-state index in [0.717, 1.165) is 23.1 Å². The van der Waals surface area contributed by atoms with Crippen LogP contribution in [0.25, 0.3) is 10.9 Å². The molecule has 4 heteroatoms. The first-order valence-corrected chi connectivity index (χ1v) is 5.96. The first kappa shape index (κ1) is 12.5. The number of carboxylic acids is 1. The number of rotatable bonds is 5. The van der Waals surface area contributed by atoms with Crippen LogP contribution < -0.4 is 4.74 Å². The molecule has 0 saturated heterocycles. The maximum absolute atomic E-state index is 10.5. The van der Waals surface area contributed by atoms with E-state index in [-0.39, 0.29) is 6.42 Å². The van der Waals surface area contributed by atoms with E-state index < -0.39 is 5.97 Å². The van der Waals surface area contributed by atoms with Crippen molar-refractivity contribution in [3.63, 3.8) is 0 Å². The van der Waals surface area contributed by atoms with Crippen LogP contribution >= 0.6 is 0 Å². The van der Waals surface area contributed by atoms with Crippen molar-refractivity contribution >= 4 is 16.9 Å². The summed E-state index contributed by atoms with van der Waals surface area (Å²) in [4.78, 5) is 10.5. The zero-order chi connectivity index (χ0) is 13.1. The molecule has 0 aliphatic heterocycles. The number of carbonyl (C=O) groups is 1. The van der Waals surface area contributed by atoms with E-state index in [1.165, 1.54) is 5.56 Å². The third kappa shape index (κ3) is 2.32. The number of benzene rings is 1. The second kappa shape index (κ2) is 5.12. The van der Waals surface area contributed by atoms with Gasteiger partial charge in [-0.05, 0) is 30.5 Å². The Morgan fingerprint density at radius 2 is 2.17 bits per heavy atom. The van der Waals surface area contributed by atoms with Crippen molar-refractivity contribution in [3.8, 4) is 5.75 Å². The standard InChI is InChI=1S/C14H17NO3/c1-15-9-8-11-10(4-3-5-13(16)17)6-7-12(18-2)14(11)15/h6-9H,3-5H2,1-2H3,(H,16,17). The van der Waals surface area contributed by atoms with Gasteiger partial charge < -0.3 is 14.4 Å². The molecule has 0 spiro atoms. The van der Waals surface area contributed by atoms with Gasteiger partial charge in [0.25, 0.3) is 0 Å². The lowest BCUT2D eigenvalue weighted by Gasteiger charge is -2.08. The van der Waals surface area contributed by atoms with Gasteiger partial charge in [0.15, 0.2) is 0 Å². The fourth-order valence-corrected chi connectivity index (χ4v) is 2.25. The van der Waals surface area contributed by atoms with Crippen LogP contribution in [-0.4, -0.2) is 22.8 Å². The third-order valence-corrected chi connectivity index (χ3v) is 3.14. The highest BCUT2D eigenvalue weighted by molar-refractivity contribution is 5.89. The van der Waals surface area contributed by atoms with Gasteiger partial charge in [-0.15, -0.1) is 0 Å². The summed E-state index contributed by atoms with van der Waals surface area (Å²) in [5, 5.41) is 9.81. The van der Waals surface area contributed by atoms with E-state index in [2.05, 4.69) is 0 Å². The topological polar surface area (TPSA) is 51.5 Å². The van der Waals surface area contributed by atoms with Crippen LogP contribution in [-0.2, 0) is 18.3 Å². The number of hydrogen-bond acceptors (Lipinski definition) is 2. The highest BCUT2D eigenvalue weighted by Crippen LogP contribution is 2.29. The third-order valence-electron chi connectivity index (χ3n) is 3.14. The first-order chi connectivity index (χ1) is 8.63. The summed E-state index contributed by atoms with van der Waals surface area (Å²) in [5.41, 5.74) is 2.23. The van der Waals surface area contributed by atoms with Gasteiger partial charge in [0.2, 0.25) is 0 Å². The molecule has 2 aromatic rings. The van der Waals surface area contributed by atoms with Gasteiger partial charge in [0, 0.05) is 25.1 Å². The van der Waals surface area contributed by atoms with Crippen LogP contribution in [0.15, 0.2) is 24.4 Å². The van der Waals surface area contributed by atoms with Gasteiger partial charge in [-0.25, -0.2) is 0 Å². The molecular weight excluding hydrogens is 230 g/mol. The smallest absolute Gasteiger partial charge is 0.303 e. The number of aliphatic carboxylic acids is 1. The van der Waals surface area contributed by atoms with Crippen LogP contribution in [0.4, 0.5) is 0 Å². The van der Waals surface area contributed by atoms with Crippen molar-refractivity contribution in [1.82, 2.24) is 4.57 Å². The zero-order valence-corrected chi connectivity index (χ0v) is 10.6. The number of aryl methyl sites for hydroxylation is 2. The molecule has 0 bridgehead atoms. The van der Waals surface area contributed by atoms with Gasteiger partial charge >= 0.3 is 5.97 Å². The summed E-state index contributed by atoms with van der Waals surface area (Å²) in [6, 6.07) is 6.01. The Morgan fingerprint density at radius 3 is 2.83 bits per heavy atom. The molecule has 2 rings (SSSR count). The maximum atomic E-state index is 10.5. The number of fused-ring (bicyclic) bond motifs is 1. The quantitative estimate of drug-likeness (QED) is 0.883. The van der Waals surface area contributed by atoms with Crippen molar-refractivity contribution in [3.05, 3.63) is 30.0 Å². The van der Waals surface area contributed by atoms with Crippen LogP contribution in [0.5, 0.6) is 5.75 Å². The number of hydrogen-bond donors (Lipinski definition) is 1. The molecule has 0 aliphatic carbocycles. The molecule has 0 atom stereocenters. The molecule has 0 aliphatic rings. The average molecular weight is 247 g/mol. The minimum absolute atomic E-state index is 0.209. The van der Waals surface area contributed by atoms with E-state index in [1.807, 2.05) is 36.0 Å². The number of aromatic nitrogens is 1. The lowest BCUT2D eigenvalue weighted by Crippen LogP contribution is -1.97. The predicted molar refractivity (Wildman–Crippen MR) is 70.0 cm³/mol. The Morgan fingerprint density at radius 1 is 1.39 bits per heavy atom. The monoisotopic (exact) mass is 247 g/mol. The number of ether oxygens (including phenoxy) is 1. The second-order valence-electron chi connectivity index (χ2n) is 4.36. The zero-order valence-electron chi connectivity index (χ0n) is 10.6. The highest BCUT2D eigenvalue weighted by Gasteiger charge is 2.10. The van der Waals surface area contributed by atoms with E-state index in [9.17, 15) is 4.79 Å². The summed E-state index contributed by atoms with van der Waals surface area (Å²) in [6.45, 7) is 0. The summed E-state index contributed by atoms with van der Waals surface area (Å²) >= 11 is 0. The van der Waals surface area contributed by atoms with E-state index >= 15 is 0 Å². The molecule has 1 N–H and O–H groups in total. The van der Waals surface area contributed by atoms with Gasteiger partial charge in [0.1, 0.15) is 5.75 Å². The second-order valence-corrected chi connectivity index (χ2v) is 4.36. The summed E-state index contributed by atoms with van der Waals surface area (Å²) in [5.74, 6) is 0.104. The number of nitrogens with zero attached hydrogens (tertiary/aromatic N) is 1. The van der Waals surface area contributed by atoms with Crippen molar-refractivity contribution in [1.29, 1.82) is 0 Å². The summed E-state index contributed by atoms with van der Waals surface area (Å²) in [7, 11) is 3.64. The number of carboxylic acid groups (broad SMARTS) is 1. The van der Waals surface area contributed by atoms with Crippen molar-refractivity contribution in [2.24, 2.45) is 7.05 Å². The lowest BCUT2D eigenvalue weighted by molar-refractivity contribution is -0.137. The fourth-order valence-electron chi connectivity index (χ4n) is 2.25. The van der Waals surface area contributed by atoms with Crippen LogP contribution in [0.1, 0.15) is 18.4 Å². The Kier molecular flexibility index (Phi) is 3.55. The molecule has 1 heterocycles. The molecule has 0 fully saturated rings. The molecule has 0 unspecified atom stereocenters. The average Bonchev–Trinajstić information content (AvgIpc) is 2.72. The molecule has 0 saturated carbocycles. The van der Waals surface area contributed by atoms with E-state index in [1.54, 1.807) is 7.11 Å². The minimum Gasteiger partial charge on any atom is -0.495 e. The SMILES string of the molecule is COc1ccc(CCCC(=O)O)c2ccn(C)c12. The fraction of sp³-hybridized carbons (Fsp3) is 0.357. The molecule has 4 nitrogen and oxygen atoms in total. The molecule has 0 amide bonds. The number of methoxy groups -OCH3 is 1. The molecule has 1 aromatic carbocycles. The molecule has 0 radical (unpaired) electrons. The molecule has 18 heavy (non-hydrogen) atoms. The van der Waals surface area contributed by atoms with Crippen molar-refractivity contribution in [2.45, 2.75) is 19.3 Å². The normalized spacial score (nSPS) is 10.8. The van der Waals surface area contributed by atoms with Crippen LogP contribution in [0, 0.1) is 0 Å². The molecule has 96 valence electrons. The van der Waals surface area contributed by atoms with Crippen molar-refractivity contribution in [2.75, 3.05) is 7.11 Å². The van der Waals surface area contributed by atoms with E-state index in [4.69, 9.17) is 9.84 Å². The predicted octanol–water partition coefficient (Wildman–Crippen LogP) is 2.59. The Hall–Kier alpha value is -1.97. The van der Waals surface area contributed by atoms with Gasteiger partial charge in [-0.2, -0.15) is 0 Å². The van der Waals surface area contributed by atoms with Crippen LogP contribution in [0.3, 0.4) is 0 Å². The Bertz CT molecular complexity index is 572. The Balaban J connectivity index is 2.32. The van der Waals surface area contributed by atoms with Crippen LogP contribution in [0.2, 0.25) is 0 Å². The van der Waals surface area contributed by atoms with Gasteiger partial charge in [0.05, 0.1) is 12.6 Å². The van der Waals surface area contributed by atoms with Gasteiger partial charge in [-0.1, -0.05) is 6.07 Å². The van der Waals surface area contributed by atoms with E-state index in [0.29, 0.717) is 6.42 Å². The lowest BCUT2D eigenvalue weighted by atomic mass is 10.0. The highest BCUT2D eigenvalue weighted by atomic mass is 16.5. The maximum Gasteiger partial charge on any atom is 0.303 e. The summed E-state index contributed by atoms with van der Waals surface area (Å²) < 4.78 is 7.37. The summed E-state index contributed by atoms with van der Waals surface area (Å²) in [6.07, 6.45) is 3.64. The molecular formula is C14H17NO3. The largest absolute Gasteiger partial charge is 0.495 e. The van der Waals surface area contributed by atoms with Gasteiger partial charge in [-0.3, -0.25) is 4.79 Å². The Labute approximate surface area is 106 Å². The molecule has 1 aromatic heterocycles. The minimum atomic E-state index is -0.743. The first-order valence-electron chi connectivity index (χ1n) is 5.96. The van der Waals surface area contributed by atoms with Crippen molar-refractivity contribution < 1.29 is 14.6 Å².